The fourth-order valence-corrected chi connectivity index (χ4v) is 0.675. The Balaban J connectivity index is 3.80. The van der Waals surface area contributed by atoms with Crippen LogP contribution in [-0.4, -0.2) is 16.0 Å². The predicted octanol–water partition coefficient (Wildman–Crippen LogP) is 1.12. The molecule has 0 aliphatic carbocycles. The number of hydrogen-bond acceptors (Lipinski definition) is 2. The van der Waals surface area contributed by atoms with Crippen LogP contribution in [0.15, 0.2) is 0 Å². The highest BCUT2D eigenvalue weighted by atomic mass is 16.5. The minimum atomic E-state index is -1.45. The van der Waals surface area contributed by atoms with E-state index in [0.29, 0.717) is 6.42 Å². The lowest BCUT2D eigenvalue weighted by atomic mass is 9.96. The van der Waals surface area contributed by atoms with E-state index in [1.807, 2.05) is 13.8 Å². The average Bonchev–Trinajstić information content (AvgIpc) is 1.86. The molecule has 0 aromatic carbocycles. The van der Waals surface area contributed by atoms with Crippen molar-refractivity contribution in [1.29, 1.82) is 0 Å². The fraction of sp³-hybridized carbons (Fsp3) is 1.00. The summed E-state index contributed by atoms with van der Waals surface area (Å²) < 4.78 is 0. The van der Waals surface area contributed by atoms with Crippen molar-refractivity contribution in [3.05, 3.63) is 0 Å². The zero-order valence-corrected chi connectivity index (χ0v) is 6.39. The number of hydrogen-bond donors (Lipinski definition) is 2. The van der Waals surface area contributed by atoms with Gasteiger partial charge in [-0.3, -0.25) is 0 Å². The average molecular weight is 132 g/mol. The first kappa shape index (κ1) is 8.92. The van der Waals surface area contributed by atoms with Gasteiger partial charge in [0.15, 0.2) is 5.79 Å². The molecule has 9 heavy (non-hydrogen) atoms. The van der Waals surface area contributed by atoms with Gasteiger partial charge in [0.2, 0.25) is 0 Å². The van der Waals surface area contributed by atoms with E-state index >= 15 is 0 Å². The highest BCUT2D eigenvalue weighted by molar-refractivity contribution is 4.68. The maximum atomic E-state index is 9.15. The van der Waals surface area contributed by atoms with Crippen LogP contribution in [0.3, 0.4) is 0 Å². The van der Waals surface area contributed by atoms with Gasteiger partial charge in [0.1, 0.15) is 0 Å². The Kier molecular flexibility index (Phi) is 3.15. The van der Waals surface area contributed by atoms with Crippen molar-refractivity contribution in [2.75, 3.05) is 0 Å². The van der Waals surface area contributed by atoms with E-state index in [0.717, 1.165) is 6.42 Å². The Labute approximate surface area is 56.5 Å². The van der Waals surface area contributed by atoms with Gasteiger partial charge in [0.25, 0.3) is 0 Å². The summed E-state index contributed by atoms with van der Waals surface area (Å²) in [6, 6.07) is 0. The van der Waals surface area contributed by atoms with E-state index in [2.05, 4.69) is 0 Å². The van der Waals surface area contributed by atoms with Gasteiger partial charge in [-0.15, -0.1) is 0 Å². The first-order chi connectivity index (χ1) is 4.04. The van der Waals surface area contributed by atoms with Gasteiger partial charge in [-0.2, -0.15) is 0 Å². The summed E-state index contributed by atoms with van der Waals surface area (Å²) in [5.74, 6) is -1.48. The molecule has 2 N–H and O–H groups in total. The topological polar surface area (TPSA) is 40.5 Å². The zero-order valence-electron chi connectivity index (χ0n) is 6.39. The smallest absolute Gasteiger partial charge is 0.164 e. The Bertz CT molecular complexity index is 79.0. The largest absolute Gasteiger partial charge is 0.365 e. The third kappa shape index (κ3) is 2.33. The fourth-order valence-electron chi connectivity index (χ4n) is 0.675. The molecule has 0 heterocycles. The van der Waals surface area contributed by atoms with E-state index in [9.17, 15) is 0 Å². The Morgan fingerprint density at radius 2 is 1.78 bits per heavy atom. The highest BCUT2D eigenvalue weighted by Gasteiger charge is 2.26. The van der Waals surface area contributed by atoms with Gasteiger partial charge in [0, 0.05) is 5.92 Å². The molecule has 0 saturated heterocycles. The molecule has 0 rings (SSSR count). The van der Waals surface area contributed by atoms with E-state index in [1.165, 1.54) is 0 Å². The van der Waals surface area contributed by atoms with Gasteiger partial charge in [0.05, 0.1) is 0 Å². The van der Waals surface area contributed by atoms with Gasteiger partial charge >= 0.3 is 0 Å². The zero-order chi connectivity index (χ0) is 7.49. The predicted molar refractivity (Wildman–Crippen MR) is 36.9 cm³/mol. The molecule has 0 radical (unpaired) electrons. The van der Waals surface area contributed by atoms with Crippen molar-refractivity contribution in [1.82, 2.24) is 0 Å². The third-order valence-corrected chi connectivity index (χ3v) is 1.92. The van der Waals surface area contributed by atoms with Gasteiger partial charge in [-0.25, -0.2) is 0 Å². The lowest BCUT2D eigenvalue weighted by Gasteiger charge is -2.25. The molecule has 0 aliphatic rings. The lowest BCUT2D eigenvalue weighted by molar-refractivity contribution is -0.198. The minimum absolute atomic E-state index is 0.0255. The molecule has 0 bridgehead atoms. The van der Waals surface area contributed by atoms with Crippen LogP contribution >= 0.6 is 0 Å². The summed E-state index contributed by atoms with van der Waals surface area (Å²) in [7, 11) is 0. The van der Waals surface area contributed by atoms with Crippen LogP contribution in [0, 0.1) is 5.92 Å². The second-order valence-electron chi connectivity index (χ2n) is 2.54. The molecule has 0 aromatic heterocycles. The molecule has 0 spiro atoms. The number of rotatable bonds is 3. The van der Waals surface area contributed by atoms with Crippen molar-refractivity contribution < 1.29 is 10.2 Å². The summed E-state index contributed by atoms with van der Waals surface area (Å²) in [5.41, 5.74) is 0. The Morgan fingerprint density at radius 3 is 1.89 bits per heavy atom. The maximum Gasteiger partial charge on any atom is 0.164 e. The van der Waals surface area contributed by atoms with Crippen LogP contribution in [0.2, 0.25) is 0 Å². The van der Waals surface area contributed by atoms with Crippen LogP contribution in [0.1, 0.15) is 33.6 Å². The van der Waals surface area contributed by atoms with Crippen LogP contribution in [0.25, 0.3) is 0 Å². The van der Waals surface area contributed by atoms with E-state index < -0.39 is 5.79 Å². The minimum Gasteiger partial charge on any atom is -0.365 e. The maximum absolute atomic E-state index is 9.15. The van der Waals surface area contributed by atoms with Crippen molar-refractivity contribution in [3.63, 3.8) is 0 Å². The summed E-state index contributed by atoms with van der Waals surface area (Å²) in [5, 5.41) is 18.3. The molecule has 1 atom stereocenters. The summed E-state index contributed by atoms with van der Waals surface area (Å²) in [4.78, 5) is 0. The molecule has 0 saturated carbocycles. The van der Waals surface area contributed by atoms with E-state index in [4.69, 9.17) is 10.2 Å². The Hall–Kier alpha value is -0.0800. The normalized spacial score (nSPS) is 15.7. The van der Waals surface area contributed by atoms with Crippen molar-refractivity contribution in [2.24, 2.45) is 5.92 Å². The summed E-state index contributed by atoms with van der Waals surface area (Å²) in [6.45, 7) is 5.55. The second-order valence-corrected chi connectivity index (χ2v) is 2.54. The molecular formula is C7H16O2. The first-order valence-corrected chi connectivity index (χ1v) is 3.49. The van der Waals surface area contributed by atoms with Crippen LogP contribution < -0.4 is 0 Å². The van der Waals surface area contributed by atoms with Gasteiger partial charge in [-0.05, 0) is 12.8 Å². The quantitative estimate of drug-likeness (QED) is 0.565. The van der Waals surface area contributed by atoms with Crippen LogP contribution in [-0.2, 0) is 0 Å². The molecule has 0 aromatic rings. The summed E-state index contributed by atoms with van der Waals surface area (Å²) in [6.07, 6.45) is 1.21. The second kappa shape index (κ2) is 3.18. The molecule has 0 aliphatic heterocycles. The third-order valence-electron chi connectivity index (χ3n) is 1.92. The van der Waals surface area contributed by atoms with Crippen molar-refractivity contribution >= 4 is 0 Å². The van der Waals surface area contributed by atoms with Crippen LogP contribution in [0.5, 0.6) is 0 Å². The number of aliphatic hydroxyl groups is 2. The monoisotopic (exact) mass is 132 g/mol. The van der Waals surface area contributed by atoms with Gasteiger partial charge in [-0.1, -0.05) is 20.8 Å². The lowest BCUT2D eigenvalue weighted by Crippen LogP contribution is -2.34. The highest BCUT2D eigenvalue weighted by Crippen LogP contribution is 2.19. The molecule has 56 valence electrons. The van der Waals surface area contributed by atoms with Gasteiger partial charge < -0.3 is 10.2 Å². The van der Waals surface area contributed by atoms with E-state index in [-0.39, 0.29) is 5.92 Å². The Morgan fingerprint density at radius 1 is 1.33 bits per heavy atom. The van der Waals surface area contributed by atoms with E-state index in [1.54, 1.807) is 6.92 Å². The van der Waals surface area contributed by atoms with Crippen molar-refractivity contribution in [3.8, 4) is 0 Å². The molecule has 1 unspecified atom stereocenters. The molecule has 2 heteroatoms. The van der Waals surface area contributed by atoms with Crippen molar-refractivity contribution in [2.45, 2.75) is 39.4 Å². The summed E-state index contributed by atoms with van der Waals surface area (Å²) >= 11 is 0. The molecular weight excluding hydrogens is 116 g/mol. The molecule has 0 amide bonds. The first-order valence-electron chi connectivity index (χ1n) is 3.49. The standard InChI is InChI=1S/C7H16O2/c1-4-6(3)7(8,9)5-2/h6,8-9H,4-5H2,1-3H3. The molecule has 2 nitrogen and oxygen atoms in total. The SMILES string of the molecule is CCC(C)C(O)(O)CC. The van der Waals surface area contributed by atoms with Crippen LogP contribution in [0.4, 0.5) is 0 Å². The molecule has 0 fully saturated rings.